The fourth-order valence-electron chi connectivity index (χ4n) is 2.70. The number of anilines is 2. The average molecular weight is 339 g/mol. The van der Waals surface area contributed by atoms with Gasteiger partial charge in [0.25, 0.3) is 5.91 Å². The molecule has 130 valence electrons. The summed E-state index contributed by atoms with van der Waals surface area (Å²) in [6.45, 7) is 3.71. The quantitative estimate of drug-likeness (QED) is 0.902. The molecule has 1 unspecified atom stereocenters. The van der Waals surface area contributed by atoms with Gasteiger partial charge in [-0.2, -0.15) is 0 Å². The highest BCUT2D eigenvalue weighted by molar-refractivity contribution is 6.00. The van der Waals surface area contributed by atoms with Crippen LogP contribution < -0.4 is 10.6 Å². The molecule has 6 nitrogen and oxygen atoms in total. The van der Waals surface area contributed by atoms with Crippen LogP contribution in [-0.2, 0) is 4.74 Å². The summed E-state index contributed by atoms with van der Waals surface area (Å²) in [6, 6.07) is 15.8. The minimum Gasteiger partial charge on any atom is -0.375 e. The standard InChI is InChI=1S/C19H21N3O3/c1-14-13-22(11-12-25-14)18(23)15-7-9-17(10-8-15)21-19(24)20-16-5-3-2-4-6-16/h2-10,14H,11-13H2,1H3,(H2,20,21,24). The zero-order valence-electron chi connectivity index (χ0n) is 14.1. The van der Waals surface area contributed by atoms with Gasteiger partial charge in [0.1, 0.15) is 0 Å². The topological polar surface area (TPSA) is 70.7 Å². The van der Waals surface area contributed by atoms with Crippen molar-refractivity contribution in [2.45, 2.75) is 13.0 Å². The van der Waals surface area contributed by atoms with E-state index in [0.29, 0.717) is 36.6 Å². The molecule has 1 saturated heterocycles. The second-order valence-corrected chi connectivity index (χ2v) is 5.96. The number of amides is 3. The summed E-state index contributed by atoms with van der Waals surface area (Å²) in [5, 5.41) is 5.49. The van der Waals surface area contributed by atoms with Crippen LogP contribution in [0.15, 0.2) is 54.6 Å². The van der Waals surface area contributed by atoms with Crippen LogP contribution in [0.1, 0.15) is 17.3 Å². The number of para-hydroxylation sites is 1. The van der Waals surface area contributed by atoms with Crippen molar-refractivity contribution in [3.05, 3.63) is 60.2 Å². The van der Waals surface area contributed by atoms with Crippen LogP contribution in [0.25, 0.3) is 0 Å². The van der Waals surface area contributed by atoms with Crippen molar-refractivity contribution in [3.8, 4) is 0 Å². The first-order valence-electron chi connectivity index (χ1n) is 8.26. The summed E-state index contributed by atoms with van der Waals surface area (Å²) in [5.41, 5.74) is 1.94. The molecule has 1 aliphatic rings. The Morgan fingerprint density at radius 3 is 2.28 bits per heavy atom. The molecule has 2 aromatic carbocycles. The Hall–Kier alpha value is -2.86. The predicted molar refractivity (Wildman–Crippen MR) is 96.8 cm³/mol. The lowest BCUT2D eigenvalue weighted by Crippen LogP contribution is -2.44. The Morgan fingerprint density at radius 2 is 1.64 bits per heavy atom. The Morgan fingerprint density at radius 1 is 1.00 bits per heavy atom. The van der Waals surface area contributed by atoms with Crippen molar-refractivity contribution in [2.75, 3.05) is 30.3 Å². The number of carbonyl (C=O) groups excluding carboxylic acids is 2. The van der Waals surface area contributed by atoms with Crippen molar-refractivity contribution in [1.29, 1.82) is 0 Å². The molecule has 2 aromatic rings. The summed E-state index contributed by atoms with van der Waals surface area (Å²) in [6.07, 6.45) is 0.0559. The number of carbonyl (C=O) groups is 2. The maximum atomic E-state index is 12.5. The molecule has 2 N–H and O–H groups in total. The van der Waals surface area contributed by atoms with Gasteiger partial charge >= 0.3 is 6.03 Å². The summed E-state index contributed by atoms with van der Waals surface area (Å²) in [5.74, 6) is -0.0181. The predicted octanol–water partition coefficient (Wildman–Crippen LogP) is 3.19. The van der Waals surface area contributed by atoms with Gasteiger partial charge in [0.2, 0.25) is 0 Å². The van der Waals surface area contributed by atoms with Crippen LogP contribution in [0, 0.1) is 0 Å². The van der Waals surface area contributed by atoms with Crippen molar-refractivity contribution >= 4 is 23.3 Å². The van der Waals surface area contributed by atoms with Crippen LogP contribution in [0.3, 0.4) is 0 Å². The number of hydrogen-bond donors (Lipinski definition) is 2. The lowest BCUT2D eigenvalue weighted by molar-refractivity contribution is -0.0124. The summed E-state index contributed by atoms with van der Waals surface area (Å²) in [4.78, 5) is 26.3. The molecule has 0 spiro atoms. The third kappa shape index (κ3) is 4.58. The van der Waals surface area contributed by atoms with E-state index in [0.717, 1.165) is 0 Å². The largest absolute Gasteiger partial charge is 0.375 e. The van der Waals surface area contributed by atoms with Crippen LogP contribution in [0.2, 0.25) is 0 Å². The minimum absolute atomic E-state index is 0.0181. The van der Waals surface area contributed by atoms with E-state index in [1.165, 1.54) is 0 Å². The molecular weight excluding hydrogens is 318 g/mol. The molecule has 1 heterocycles. The zero-order valence-corrected chi connectivity index (χ0v) is 14.1. The number of nitrogens with one attached hydrogen (secondary N) is 2. The highest BCUT2D eigenvalue weighted by atomic mass is 16.5. The Balaban J connectivity index is 1.58. The molecule has 6 heteroatoms. The SMILES string of the molecule is CC1CN(C(=O)c2ccc(NC(=O)Nc3ccccc3)cc2)CCO1. The van der Waals surface area contributed by atoms with E-state index in [4.69, 9.17) is 4.74 Å². The molecule has 1 fully saturated rings. The highest BCUT2D eigenvalue weighted by Gasteiger charge is 2.22. The van der Waals surface area contributed by atoms with E-state index in [-0.39, 0.29) is 18.0 Å². The normalized spacial score (nSPS) is 17.0. The van der Waals surface area contributed by atoms with Crippen molar-refractivity contribution < 1.29 is 14.3 Å². The van der Waals surface area contributed by atoms with Gasteiger partial charge in [-0.05, 0) is 43.3 Å². The number of urea groups is 1. The Labute approximate surface area is 146 Å². The molecular formula is C19H21N3O3. The van der Waals surface area contributed by atoms with Crippen LogP contribution in [0.5, 0.6) is 0 Å². The van der Waals surface area contributed by atoms with Crippen molar-refractivity contribution in [2.24, 2.45) is 0 Å². The highest BCUT2D eigenvalue weighted by Crippen LogP contribution is 2.14. The fraction of sp³-hybridized carbons (Fsp3) is 0.263. The Bertz CT molecular complexity index is 731. The number of rotatable bonds is 3. The minimum atomic E-state index is -0.327. The van der Waals surface area contributed by atoms with E-state index >= 15 is 0 Å². The Kier molecular flexibility index (Phi) is 5.30. The van der Waals surface area contributed by atoms with Gasteiger partial charge in [-0.25, -0.2) is 4.79 Å². The molecule has 0 saturated carbocycles. The van der Waals surface area contributed by atoms with Gasteiger partial charge in [0.05, 0.1) is 12.7 Å². The summed E-state index contributed by atoms with van der Waals surface area (Å²) in [7, 11) is 0. The third-order valence-corrected chi connectivity index (χ3v) is 3.95. The number of benzene rings is 2. The smallest absolute Gasteiger partial charge is 0.323 e. The maximum absolute atomic E-state index is 12.5. The van der Waals surface area contributed by atoms with Gasteiger partial charge in [0, 0.05) is 30.0 Å². The second-order valence-electron chi connectivity index (χ2n) is 5.96. The molecule has 0 aromatic heterocycles. The number of ether oxygens (including phenoxy) is 1. The number of morpholine rings is 1. The molecule has 0 radical (unpaired) electrons. The lowest BCUT2D eigenvalue weighted by Gasteiger charge is -2.31. The first-order valence-corrected chi connectivity index (χ1v) is 8.26. The van der Waals surface area contributed by atoms with E-state index in [1.54, 1.807) is 29.2 Å². The van der Waals surface area contributed by atoms with E-state index < -0.39 is 0 Å². The van der Waals surface area contributed by atoms with Gasteiger partial charge in [-0.3, -0.25) is 4.79 Å². The molecule has 0 bridgehead atoms. The molecule has 3 amide bonds. The maximum Gasteiger partial charge on any atom is 0.323 e. The molecule has 1 aliphatic heterocycles. The average Bonchev–Trinajstić information content (AvgIpc) is 2.62. The molecule has 1 atom stereocenters. The summed E-state index contributed by atoms with van der Waals surface area (Å²) >= 11 is 0. The van der Waals surface area contributed by atoms with Crippen molar-refractivity contribution in [1.82, 2.24) is 4.90 Å². The van der Waals surface area contributed by atoms with Crippen LogP contribution >= 0.6 is 0 Å². The third-order valence-electron chi connectivity index (χ3n) is 3.95. The summed E-state index contributed by atoms with van der Waals surface area (Å²) < 4.78 is 5.46. The van der Waals surface area contributed by atoms with Gasteiger partial charge in [-0.15, -0.1) is 0 Å². The zero-order chi connectivity index (χ0) is 17.6. The first-order chi connectivity index (χ1) is 12.1. The van der Waals surface area contributed by atoms with E-state index in [9.17, 15) is 9.59 Å². The number of hydrogen-bond acceptors (Lipinski definition) is 3. The van der Waals surface area contributed by atoms with Gasteiger partial charge in [-0.1, -0.05) is 18.2 Å². The lowest BCUT2D eigenvalue weighted by atomic mass is 10.1. The van der Waals surface area contributed by atoms with Crippen molar-refractivity contribution in [3.63, 3.8) is 0 Å². The monoisotopic (exact) mass is 339 g/mol. The fourth-order valence-corrected chi connectivity index (χ4v) is 2.70. The second kappa shape index (κ2) is 7.81. The van der Waals surface area contributed by atoms with E-state index in [2.05, 4.69) is 10.6 Å². The molecule has 0 aliphatic carbocycles. The van der Waals surface area contributed by atoms with Gasteiger partial charge < -0.3 is 20.3 Å². The van der Waals surface area contributed by atoms with Crippen LogP contribution in [0.4, 0.5) is 16.2 Å². The van der Waals surface area contributed by atoms with Gasteiger partial charge in [0.15, 0.2) is 0 Å². The van der Waals surface area contributed by atoms with Crippen LogP contribution in [-0.4, -0.2) is 42.6 Å². The molecule has 25 heavy (non-hydrogen) atoms. The first kappa shape index (κ1) is 17.0. The van der Waals surface area contributed by atoms with E-state index in [1.807, 2.05) is 37.3 Å². The molecule has 3 rings (SSSR count). The number of nitrogens with zero attached hydrogens (tertiary/aromatic N) is 1.